The number of ether oxygens (including phenoxy) is 1. The number of nitrogens with zero attached hydrogens (tertiary/aromatic N) is 1. The molecule has 0 saturated heterocycles. The van der Waals surface area contributed by atoms with E-state index in [9.17, 15) is 8.42 Å². The quantitative estimate of drug-likeness (QED) is 0.801. The first kappa shape index (κ1) is 14.2. The Balaban J connectivity index is 1.91. The van der Waals surface area contributed by atoms with E-state index in [0.717, 1.165) is 22.9 Å². The Morgan fingerprint density at radius 2 is 1.48 bits per heavy atom. The monoisotopic (exact) mass is 323 g/mol. The summed E-state index contributed by atoms with van der Waals surface area (Å²) in [6.07, 6.45) is 0.453. The number of hydrogen-bond acceptors (Lipinski definition) is 4. The Kier molecular flexibility index (Phi) is 3.78. The van der Waals surface area contributed by atoms with Gasteiger partial charge < -0.3 is 9.64 Å². The fourth-order valence-corrected chi connectivity index (χ4v) is 3.22. The third-order valence-corrected chi connectivity index (χ3v) is 4.54. The van der Waals surface area contributed by atoms with Gasteiger partial charge in [0.05, 0.1) is 17.1 Å². The largest absolute Gasteiger partial charge is 0.453 e. The predicted octanol–water partition coefficient (Wildman–Crippen LogP) is 3.89. The zero-order chi connectivity index (χ0) is 14.9. The summed E-state index contributed by atoms with van der Waals surface area (Å²) in [6, 6.07) is 15.4. The fraction of sp³-hybridized carbons (Fsp3) is 0.200. The second-order valence-corrected chi connectivity index (χ2v) is 7.68. The van der Waals surface area contributed by atoms with Crippen LogP contribution in [0.3, 0.4) is 0 Å². The molecule has 0 N–H and O–H groups in total. The fourth-order valence-electron chi connectivity index (χ4n) is 2.42. The van der Waals surface area contributed by atoms with Crippen LogP contribution in [0.25, 0.3) is 0 Å². The summed E-state index contributed by atoms with van der Waals surface area (Å²) >= 11 is 0. The highest BCUT2D eigenvalue weighted by atomic mass is 35.7. The van der Waals surface area contributed by atoms with E-state index in [2.05, 4.69) is 4.90 Å². The van der Waals surface area contributed by atoms with Crippen LogP contribution < -0.4 is 9.64 Å². The molecule has 0 bridgehead atoms. The second kappa shape index (κ2) is 5.58. The van der Waals surface area contributed by atoms with Crippen LogP contribution >= 0.6 is 10.7 Å². The van der Waals surface area contributed by atoms with Crippen molar-refractivity contribution in [2.75, 3.05) is 17.2 Å². The zero-order valence-corrected chi connectivity index (χ0v) is 12.8. The van der Waals surface area contributed by atoms with Gasteiger partial charge in [-0.05, 0) is 30.7 Å². The number of fused-ring (bicyclic) bond motifs is 2. The first-order valence-corrected chi connectivity index (χ1v) is 9.08. The van der Waals surface area contributed by atoms with E-state index in [1.54, 1.807) is 0 Å². The second-order valence-electron chi connectivity index (χ2n) is 4.79. The molecule has 0 unspecified atom stereocenters. The Labute approximate surface area is 128 Å². The Hall–Kier alpha value is -1.72. The number of anilines is 2. The molecule has 0 saturated carbocycles. The van der Waals surface area contributed by atoms with E-state index in [1.165, 1.54) is 0 Å². The third-order valence-electron chi connectivity index (χ3n) is 3.30. The van der Waals surface area contributed by atoms with Crippen LogP contribution in [-0.4, -0.2) is 20.7 Å². The summed E-state index contributed by atoms with van der Waals surface area (Å²) in [4.78, 5) is 2.07. The minimum atomic E-state index is -3.47. The Morgan fingerprint density at radius 1 is 0.952 bits per heavy atom. The Morgan fingerprint density at radius 3 is 2.00 bits per heavy atom. The van der Waals surface area contributed by atoms with Crippen molar-refractivity contribution in [3.8, 4) is 11.5 Å². The smallest absolute Gasteiger partial charge is 0.232 e. The van der Waals surface area contributed by atoms with Gasteiger partial charge in [0.1, 0.15) is 0 Å². The molecular weight excluding hydrogens is 310 g/mol. The standard InChI is InChI=1S/C15H14ClNO3S/c16-21(18,19)11-5-10-17-12-6-1-3-8-14(12)20-15-9-4-2-7-13(15)17/h1-4,6-9H,5,10-11H2. The van der Waals surface area contributed by atoms with Gasteiger partial charge in [-0.2, -0.15) is 0 Å². The maximum Gasteiger partial charge on any atom is 0.232 e. The molecule has 2 aromatic carbocycles. The number of benzene rings is 2. The van der Waals surface area contributed by atoms with Crippen LogP contribution in [-0.2, 0) is 9.05 Å². The topological polar surface area (TPSA) is 46.6 Å². The molecule has 0 atom stereocenters. The molecular formula is C15H14ClNO3S. The zero-order valence-electron chi connectivity index (χ0n) is 11.2. The molecule has 4 nitrogen and oxygen atoms in total. The number of rotatable bonds is 4. The van der Waals surface area contributed by atoms with E-state index >= 15 is 0 Å². The van der Waals surface area contributed by atoms with Crippen molar-refractivity contribution in [1.82, 2.24) is 0 Å². The van der Waals surface area contributed by atoms with Crippen molar-refractivity contribution in [2.24, 2.45) is 0 Å². The highest BCUT2D eigenvalue weighted by molar-refractivity contribution is 8.13. The molecule has 110 valence electrons. The molecule has 0 aromatic heterocycles. The molecule has 0 spiro atoms. The molecule has 0 radical (unpaired) electrons. The average Bonchev–Trinajstić information content (AvgIpc) is 2.45. The van der Waals surface area contributed by atoms with Gasteiger partial charge in [0.2, 0.25) is 9.05 Å². The molecule has 0 amide bonds. The van der Waals surface area contributed by atoms with Gasteiger partial charge in [-0.3, -0.25) is 0 Å². The minimum absolute atomic E-state index is 0.0454. The average molecular weight is 324 g/mol. The van der Waals surface area contributed by atoms with Crippen molar-refractivity contribution in [2.45, 2.75) is 6.42 Å². The molecule has 2 aromatic rings. The van der Waals surface area contributed by atoms with Gasteiger partial charge in [0, 0.05) is 17.2 Å². The highest BCUT2D eigenvalue weighted by Gasteiger charge is 2.23. The van der Waals surface area contributed by atoms with Crippen molar-refractivity contribution in [3.63, 3.8) is 0 Å². The van der Waals surface area contributed by atoms with Gasteiger partial charge in [-0.1, -0.05) is 24.3 Å². The number of hydrogen-bond donors (Lipinski definition) is 0. The van der Waals surface area contributed by atoms with E-state index in [-0.39, 0.29) is 5.75 Å². The summed E-state index contributed by atoms with van der Waals surface area (Å²) in [5, 5.41) is 0. The molecule has 1 aliphatic rings. The minimum Gasteiger partial charge on any atom is -0.453 e. The Bertz CT molecular complexity index is 716. The van der Waals surface area contributed by atoms with Crippen LogP contribution in [0, 0.1) is 0 Å². The molecule has 3 rings (SSSR count). The SMILES string of the molecule is O=S(=O)(Cl)CCCN1c2ccccc2Oc2ccccc21. The molecule has 0 aliphatic carbocycles. The summed E-state index contributed by atoms with van der Waals surface area (Å²) < 4.78 is 28.0. The lowest BCUT2D eigenvalue weighted by Crippen LogP contribution is -2.23. The van der Waals surface area contributed by atoms with Crippen LogP contribution in [0.1, 0.15) is 6.42 Å². The van der Waals surface area contributed by atoms with Crippen molar-refractivity contribution in [1.29, 1.82) is 0 Å². The van der Waals surface area contributed by atoms with E-state index in [0.29, 0.717) is 13.0 Å². The predicted molar refractivity (Wildman–Crippen MR) is 84.2 cm³/mol. The normalized spacial score (nSPS) is 13.3. The van der Waals surface area contributed by atoms with Gasteiger partial charge in [-0.15, -0.1) is 0 Å². The van der Waals surface area contributed by atoms with Gasteiger partial charge in [0.25, 0.3) is 0 Å². The maximum absolute atomic E-state index is 11.1. The van der Waals surface area contributed by atoms with E-state index < -0.39 is 9.05 Å². The van der Waals surface area contributed by atoms with Crippen LogP contribution in [0.5, 0.6) is 11.5 Å². The van der Waals surface area contributed by atoms with E-state index in [1.807, 2.05) is 48.5 Å². The third kappa shape index (κ3) is 3.14. The van der Waals surface area contributed by atoms with Gasteiger partial charge in [0.15, 0.2) is 11.5 Å². The van der Waals surface area contributed by atoms with Gasteiger partial charge >= 0.3 is 0 Å². The molecule has 1 aliphatic heterocycles. The highest BCUT2D eigenvalue weighted by Crippen LogP contribution is 2.46. The summed E-state index contributed by atoms with van der Waals surface area (Å²) in [5.74, 6) is 1.49. The van der Waals surface area contributed by atoms with Crippen LogP contribution in [0.2, 0.25) is 0 Å². The van der Waals surface area contributed by atoms with Crippen LogP contribution in [0.4, 0.5) is 11.4 Å². The number of para-hydroxylation sites is 4. The van der Waals surface area contributed by atoms with Crippen molar-refractivity contribution in [3.05, 3.63) is 48.5 Å². The summed E-state index contributed by atoms with van der Waals surface area (Å²) in [5.41, 5.74) is 1.87. The van der Waals surface area contributed by atoms with Gasteiger partial charge in [-0.25, -0.2) is 8.42 Å². The first-order valence-electron chi connectivity index (χ1n) is 6.60. The molecule has 21 heavy (non-hydrogen) atoms. The molecule has 1 heterocycles. The first-order chi connectivity index (χ1) is 10.0. The maximum atomic E-state index is 11.1. The summed E-state index contributed by atoms with van der Waals surface area (Å²) in [6.45, 7) is 0.559. The lowest BCUT2D eigenvalue weighted by atomic mass is 10.1. The summed E-state index contributed by atoms with van der Waals surface area (Å²) in [7, 11) is 1.81. The molecule has 0 fully saturated rings. The van der Waals surface area contributed by atoms with Crippen LogP contribution in [0.15, 0.2) is 48.5 Å². The molecule has 6 heteroatoms. The lowest BCUT2D eigenvalue weighted by Gasteiger charge is -2.32. The van der Waals surface area contributed by atoms with Crippen molar-refractivity contribution >= 4 is 31.1 Å². The van der Waals surface area contributed by atoms with E-state index in [4.69, 9.17) is 15.4 Å². The lowest BCUT2D eigenvalue weighted by molar-refractivity contribution is 0.473. The van der Waals surface area contributed by atoms with Crippen molar-refractivity contribution < 1.29 is 13.2 Å². The number of halogens is 1.